The van der Waals surface area contributed by atoms with Gasteiger partial charge in [0.1, 0.15) is 6.10 Å². The molecule has 0 unspecified atom stereocenters. The van der Waals surface area contributed by atoms with Crippen molar-refractivity contribution in [1.29, 1.82) is 0 Å². The number of ether oxygens (including phenoxy) is 1. The summed E-state index contributed by atoms with van der Waals surface area (Å²) >= 11 is 11.9. The highest BCUT2D eigenvalue weighted by molar-refractivity contribution is 6.42. The van der Waals surface area contributed by atoms with Crippen LogP contribution in [0.2, 0.25) is 10.0 Å². The van der Waals surface area contributed by atoms with Crippen LogP contribution >= 0.6 is 23.2 Å². The van der Waals surface area contributed by atoms with E-state index in [1.54, 1.807) is 21.9 Å². The van der Waals surface area contributed by atoms with E-state index in [1.165, 1.54) is 0 Å². The molecular formula is C17H20Cl2N2O3. The summed E-state index contributed by atoms with van der Waals surface area (Å²) in [6.45, 7) is 2.90. The molecule has 5 nitrogen and oxygen atoms in total. The molecule has 2 aliphatic heterocycles. The third-order valence-corrected chi connectivity index (χ3v) is 5.23. The second-order valence-electron chi connectivity index (χ2n) is 6.13. The molecular weight excluding hydrogens is 351 g/mol. The van der Waals surface area contributed by atoms with Gasteiger partial charge in [-0.05, 0) is 30.5 Å². The molecule has 0 spiro atoms. The number of halogens is 2. The predicted molar refractivity (Wildman–Crippen MR) is 92.3 cm³/mol. The molecule has 130 valence electrons. The second kappa shape index (κ2) is 7.72. The quantitative estimate of drug-likeness (QED) is 0.820. The minimum Gasteiger partial charge on any atom is -0.368 e. The van der Waals surface area contributed by atoms with Crippen LogP contribution in [0.25, 0.3) is 0 Å². The Hall–Kier alpha value is -1.30. The molecule has 2 fully saturated rings. The van der Waals surface area contributed by atoms with Crippen molar-refractivity contribution in [2.75, 3.05) is 32.8 Å². The van der Waals surface area contributed by atoms with Gasteiger partial charge in [-0.25, -0.2) is 0 Å². The third kappa shape index (κ3) is 4.02. The van der Waals surface area contributed by atoms with Crippen LogP contribution in [-0.2, 0) is 20.7 Å². The molecule has 2 amide bonds. The van der Waals surface area contributed by atoms with Gasteiger partial charge in [-0.2, -0.15) is 0 Å². The number of hydrogen-bond donors (Lipinski definition) is 0. The van der Waals surface area contributed by atoms with Crippen molar-refractivity contribution in [3.8, 4) is 0 Å². The second-order valence-corrected chi connectivity index (χ2v) is 6.95. The Morgan fingerprint density at radius 1 is 1.08 bits per heavy atom. The predicted octanol–water partition coefficient (Wildman–Crippen LogP) is 2.39. The maximum absolute atomic E-state index is 12.4. The number of benzene rings is 1. The topological polar surface area (TPSA) is 49.9 Å². The Labute approximate surface area is 151 Å². The zero-order chi connectivity index (χ0) is 17.1. The molecule has 0 aromatic heterocycles. The van der Waals surface area contributed by atoms with E-state index in [2.05, 4.69) is 0 Å². The number of nitrogens with zero attached hydrogens (tertiary/aromatic N) is 2. The van der Waals surface area contributed by atoms with E-state index in [-0.39, 0.29) is 24.3 Å². The molecule has 0 bridgehead atoms. The Bertz CT molecular complexity index is 624. The Morgan fingerprint density at radius 2 is 1.79 bits per heavy atom. The third-order valence-electron chi connectivity index (χ3n) is 4.49. The Kier molecular flexibility index (Phi) is 5.64. The fourth-order valence-electron chi connectivity index (χ4n) is 3.09. The standard InChI is InChI=1S/C17H20Cl2N2O3/c18-13-4-3-12(10-14(13)19)11-16(22)20-5-7-21(8-6-20)17(23)15-2-1-9-24-15/h3-4,10,15H,1-2,5-9,11H2/t15-/m0/s1. The number of amides is 2. The molecule has 0 aliphatic carbocycles. The van der Waals surface area contributed by atoms with Gasteiger partial charge in [0, 0.05) is 32.8 Å². The van der Waals surface area contributed by atoms with Crippen LogP contribution in [0.15, 0.2) is 18.2 Å². The lowest BCUT2D eigenvalue weighted by molar-refractivity contribution is -0.145. The summed E-state index contributed by atoms with van der Waals surface area (Å²) in [5, 5.41) is 0.933. The molecule has 1 atom stereocenters. The first kappa shape index (κ1) is 17.5. The summed E-state index contributed by atoms with van der Waals surface area (Å²) in [5.74, 6) is 0.0988. The Balaban J connectivity index is 1.51. The molecule has 7 heteroatoms. The highest BCUT2D eigenvalue weighted by atomic mass is 35.5. The van der Waals surface area contributed by atoms with Crippen LogP contribution in [-0.4, -0.2) is 60.5 Å². The van der Waals surface area contributed by atoms with E-state index < -0.39 is 0 Å². The van der Waals surface area contributed by atoms with Crippen molar-refractivity contribution in [2.24, 2.45) is 0 Å². The monoisotopic (exact) mass is 370 g/mol. The molecule has 0 saturated carbocycles. The van der Waals surface area contributed by atoms with Gasteiger partial charge in [0.15, 0.2) is 0 Å². The summed E-state index contributed by atoms with van der Waals surface area (Å²) in [4.78, 5) is 28.3. The van der Waals surface area contributed by atoms with Crippen molar-refractivity contribution in [1.82, 2.24) is 9.80 Å². The molecule has 0 radical (unpaired) electrons. The van der Waals surface area contributed by atoms with E-state index in [0.29, 0.717) is 42.8 Å². The van der Waals surface area contributed by atoms with Crippen molar-refractivity contribution in [3.05, 3.63) is 33.8 Å². The fourth-order valence-corrected chi connectivity index (χ4v) is 3.41. The van der Waals surface area contributed by atoms with Crippen LogP contribution in [0, 0.1) is 0 Å². The van der Waals surface area contributed by atoms with Crippen LogP contribution in [0.1, 0.15) is 18.4 Å². The highest BCUT2D eigenvalue weighted by Crippen LogP contribution is 2.23. The molecule has 24 heavy (non-hydrogen) atoms. The van der Waals surface area contributed by atoms with E-state index in [4.69, 9.17) is 27.9 Å². The average Bonchev–Trinajstić information content (AvgIpc) is 3.12. The SMILES string of the molecule is O=C(Cc1ccc(Cl)c(Cl)c1)N1CCN(C(=O)[C@@H]2CCCO2)CC1. The van der Waals surface area contributed by atoms with Gasteiger partial charge in [-0.15, -0.1) is 0 Å². The Morgan fingerprint density at radius 3 is 2.42 bits per heavy atom. The summed E-state index contributed by atoms with van der Waals surface area (Å²) in [6.07, 6.45) is 1.74. The lowest BCUT2D eigenvalue weighted by Gasteiger charge is -2.35. The minimum atomic E-state index is -0.288. The summed E-state index contributed by atoms with van der Waals surface area (Å²) in [7, 11) is 0. The average molecular weight is 371 g/mol. The zero-order valence-electron chi connectivity index (χ0n) is 13.3. The van der Waals surface area contributed by atoms with Crippen LogP contribution < -0.4 is 0 Å². The smallest absolute Gasteiger partial charge is 0.251 e. The van der Waals surface area contributed by atoms with E-state index in [1.807, 2.05) is 6.07 Å². The van der Waals surface area contributed by atoms with Gasteiger partial charge in [0.05, 0.1) is 16.5 Å². The number of carbonyl (C=O) groups is 2. The van der Waals surface area contributed by atoms with Gasteiger partial charge in [0.25, 0.3) is 5.91 Å². The summed E-state index contributed by atoms with van der Waals surface area (Å²) < 4.78 is 5.45. The largest absolute Gasteiger partial charge is 0.368 e. The lowest BCUT2D eigenvalue weighted by atomic mass is 10.1. The molecule has 0 N–H and O–H groups in total. The van der Waals surface area contributed by atoms with Gasteiger partial charge in [-0.1, -0.05) is 29.3 Å². The zero-order valence-corrected chi connectivity index (χ0v) is 14.9. The van der Waals surface area contributed by atoms with Crippen molar-refractivity contribution < 1.29 is 14.3 Å². The maximum Gasteiger partial charge on any atom is 0.251 e. The number of hydrogen-bond acceptors (Lipinski definition) is 3. The number of piperazine rings is 1. The lowest BCUT2D eigenvalue weighted by Crippen LogP contribution is -2.53. The van der Waals surface area contributed by atoms with Crippen molar-refractivity contribution in [3.63, 3.8) is 0 Å². The maximum atomic E-state index is 12.4. The molecule has 1 aromatic rings. The highest BCUT2D eigenvalue weighted by Gasteiger charge is 2.31. The fraction of sp³-hybridized carbons (Fsp3) is 0.529. The number of carbonyl (C=O) groups excluding carboxylic acids is 2. The van der Waals surface area contributed by atoms with E-state index >= 15 is 0 Å². The summed E-state index contributed by atoms with van der Waals surface area (Å²) in [6, 6.07) is 5.23. The van der Waals surface area contributed by atoms with Gasteiger partial charge < -0.3 is 14.5 Å². The van der Waals surface area contributed by atoms with E-state index in [9.17, 15) is 9.59 Å². The number of rotatable bonds is 3. The molecule has 2 saturated heterocycles. The summed E-state index contributed by atoms with van der Waals surface area (Å²) in [5.41, 5.74) is 0.840. The molecule has 1 aromatic carbocycles. The van der Waals surface area contributed by atoms with Crippen LogP contribution in [0.4, 0.5) is 0 Å². The van der Waals surface area contributed by atoms with Crippen molar-refractivity contribution in [2.45, 2.75) is 25.4 Å². The molecule has 2 aliphatic rings. The first-order chi connectivity index (χ1) is 11.5. The molecule has 3 rings (SSSR count). The van der Waals surface area contributed by atoms with Gasteiger partial charge in [0.2, 0.25) is 5.91 Å². The van der Waals surface area contributed by atoms with Gasteiger partial charge in [-0.3, -0.25) is 9.59 Å². The normalized spacial score (nSPS) is 21.2. The first-order valence-electron chi connectivity index (χ1n) is 8.16. The van der Waals surface area contributed by atoms with Crippen LogP contribution in [0.3, 0.4) is 0 Å². The van der Waals surface area contributed by atoms with Crippen LogP contribution in [0.5, 0.6) is 0 Å². The van der Waals surface area contributed by atoms with Gasteiger partial charge >= 0.3 is 0 Å². The molecule has 2 heterocycles. The minimum absolute atomic E-state index is 0.0394. The van der Waals surface area contributed by atoms with E-state index in [0.717, 1.165) is 18.4 Å². The van der Waals surface area contributed by atoms with Crippen molar-refractivity contribution >= 4 is 35.0 Å². The first-order valence-corrected chi connectivity index (χ1v) is 8.92.